The number of thiophene rings is 1. The van der Waals surface area contributed by atoms with Crippen molar-refractivity contribution >= 4 is 55.0 Å². The Kier molecular flexibility index (Phi) is 6.35. The molecule has 0 radical (unpaired) electrons. The molecule has 0 fully saturated rings. The van der Waals surface area contributed by atoms with Gasteiger partial charge in [-0.05, 0) is 34.5 Å². The molecule has 5 N–H and O–H groups in total. The van der Waals surface area contributed by atoms with E-state index in [2.05, 4.69) is 31.1 Å². The number of hydrogen-bond acceptors (Lipinski definition) is 7. The minimum absolute atomic E-state index is 0.0449. The maximum absolute atomic E-state index is 14.4. The molecule has 0 atom stereocenters. The van der Waals surface area contributed by atoms with Crippen LogP contribution in [0.15, 0.2) is 22.9 Å². The fourth-order valence-corrected chi connectivity index (χ4v) is 5.99. The number of hydrogen-bond donors (Lipinski definition) is 4. The predicted octanol–water partition coefficient (Wildman–Crippen LogP) is 2.73. The summed E-state index contributed by atoms with van der Waals surface area (Å²) in [6, 6.07) is 2.93. The number of sulfonamides is 1. The zero-order valence-electron chi connectivity index (χ0n) is 14.8. The molecule has 16 heteroatoms. The van der Waals surface area contributed by atoms with E-state index in [1.165, 1.54) is 18.5 Å². The van der Waals surface area contributed by atoms with E-state index in [-0.39, 0.29) is 44.9 Å². The third kappa shape index (κ3) is 4.72. The van der Waals surface area contributed by atoms with Crippen molar-refractivity contribution < 1.29 is 36.3 Å². The Morgan fingerprint density at radius 3 is 2.63 bits per heavy atom. The first-order valence-corrected chi connectivity index (χ1v) is 12.9. The van der Waals surface area contributed by atoms with E-state index in [0.29, 0.717) is 16.9 Å². The van der Waals surface area contributed by atoms with Gasteiger partial charge in [-0.1, -0.05) is 0 Å². The molecular weight excluding hydrogens is 533 g/mol. The lowest BCUT2D eigenvalue weighted by Gasteiger charge is -2.16. The van der Waals surface area contributed by atoms with Gasteiger partial charge in [0.25, 0.3) is 0 Å². The number of nitrogens with one attached hydrogen (secondary N) is 1. The van der Waals surface area contributed by atoms with Crippen molar-refractivity contribution in [3.05, 3.63) is 27.8 Å². The summed E-state index contributed by atoms with van der Waals surface area (Å²) in [7, 11) is -9.49. The van der Waals surface area contributed by atoms with Crippen LogP contribution in [-0.2, 0) is 20.3 Å². The number of aromatic amines is 1. The molecule has 0 aliphatic carbocycles. The summed E-state index contributed by atoms with van der Waals surface area (Å²) in [6.45, 7) is -0.0945. The van der Waals surface area contributed by atoms with Crippen LogP contribution in [0.2, 0.25) is 0 Å². The highest BCUT2D eigenvalue weighted by molar-refractivity contribution is 9.10. The van der Waals surface area contributed by atoms with Crippen LogP contribution >= 0.6 is 34.9 Å². The number of ether oxygens (including phenoxy) is 1. The maximum atomic E-state index is 14.4. The number of alkyl halides is 2. The second-order valence-corrected chi connectivity index (χ2v) is 11.3. The van der Waals surface area contributed by atoms with E-state index >= 15 is 0 Å². The number of primary sulfonamides is 1. The number of halogens is 3. The fraction of sp³-hybridized carbons (Fsp3) is 0.286. The predicted molar refractivity (Wildman–Crippen MR) is 109 cm³/mol. The molecule has 3 rings (SSSR count). The van der Waals surface area contributed by atoms with E-state index < -0.39 is 28.2 Å². The van der Waals surface area contributed by atoms with Crippen molar-refractivity contribution in [1.29, 1.82) is 0 Å². The van der Waals surface area contributed by atoms with Crippen molar-refractivity contribution in [2.45, 2.75) is 12.1 Å². The van der Waals surface area contributed by atoms with Crippen molar-refractivity contribution in [3.63, 3.8) is 0 Å². The van der Waals surface area contributed by atoms with Gasteiger partial charge >= 0.3 is 13.3 Å². The molecule has 0 saturated heterocycles. The molecule has 0 saturated carbocycles. The number of aromatic nitrogens is 3. The van der Waals surface area contributed by atoms with Crippen LogP contribution in [0.3, 0.4) is 0 Å². The molecule has 2 heterocycles. The Morgan fingerprint density at radius 1 is 1.37 bits per heavy atom. The van der Waals surface area contributed by atoms with Crippen LogP contribution in [0.4, 0.5) is 8.78 Å². The average molecular weight is 547 g/mol. The van der Waals surface area contributed by atoms with Crippen LogP contribution < -0.4 is 9.88 Å². The summed E-state index contributed by atoms with van der Waals surface area (Å²) in [4.78, 5) is 21.3. The average Bonchev–Trinajstić information content (AvgIpc) is 3.25. The summed E-state index contributed by atoms with van der Waals surface area (Å²) in [6.07, 6.45) is 1.35. The van der Waals surface area contributed by atoms with E-state index in [4.69, 9.17) is 19.7 Å². The van der Waals surface area contributed by atoms with Gasteiger partial charge in [-0.2, -0.15) is 13.9 Å². The maximum Gasteiger partial charge on any atom is 0.400 e. The van der Waals surface area contributed by atoms with Gasteiger partial charge in [-0.3, -0.25) is 9.66 Å². The molecule has 2 aromatic heterocycles. The third-order valence-electron chi connectivity index (χ3n) is 3.84. The first-order valence-electron chi connectivity index (χ1n) is 8.00. The molecule has 0 unspecified atom stereocenters. The third-order valence-corrected chi connectivity index (χ3v) is 8.18. The van der Waals surface area contributed by atoms with Crippen LogP contribution in [0, 0.1) is 0 Å². The number of nitrogens with zero attached hydrogens (tertiary/aromatic N) is 2. The zero-order chi connectivity index (χ0) is 22.3. The molecule has 3 aromatic rings. The standard InChI is InChI=1S/C14H14BrF2N4O6PS2/c15-10-8-4-7(13-19-6-20-21-13)5-9(27-2-1-3-30(18,25)26)11(8)29-12(10)14(16,17)28(22,23)24/h4-6H,1-3H2,(H2,18,25,26)(H,19,20,21)(H2,22,23,24). The Morgan fingerprint density at radius 2 is 2.07 bits per heavy atom. The highest BCUT2D eigenvalue weighted by Gasteiger charge is 2.53. The Balaban J connectivity index is 2.10. The first kappa shape index (κ1) is 23.2. The second-order valence-electron chi connectivity index (χ2n) is 6.07. The van der Waals surface area contributed by atoms with Crippen molar-refractivity contribution in [2.24, 2.45) is 5.14 Å². The fourth-order valence-electron chi connectivity index (χ4n) is 2.49. The van der Waals surface area contributed by atoms with Crippen LogP contribution in [-0.4, -0.2) is 45.7 Å². The lowest BCUT2D eigenvalue weighted by Crippen LogP contribution is -2.18. The minimum atomic E-state index is -5.80. The number of rotatable bonds is 8. The zero-order valence-corrected chi connectivity index (χ0v) is 18.9. The lowest BCUT2D eigenvalue weighted by molar-refractivity contribution is 0.0595. The molecule has 30 heavy (non-hydrogen) atoms. The van der Waals surface area contributed by atoms with Crippen LogP contribution in [0.1, 0.15) is 11.3 Å². The molecule has 1 aromatic carbocycles. The highest BCUT2D eigenvalue weighted by Crippen LogP contribution is 2.63. The monoisotopic (exact) mass is 546 g/mol. The van der Waals surface area contributed by atoms with Gasteiger partial charge in [0, 0.05) is 15.4 Å². The quantitative estimate of drug-likeness (QED) is 0.247. The SMILES string of the molecule is NS(=O)(=O)CCCOc1cc(-c2nc[nH]n2)cc2c(Br)c(C(F)(F)P(=O)(O)O)sc12. The summed E-state index contributed by atoms with van der Waals surface area (Å²) in [5.41, 5.74) is -4.04. The Hall–Kier alpha value is -1.48. The second kappa shape index (κ2) is 8.22. The van der Waals surface area contributed by atoms with Gasteiger partial charge in [0.1, 0.15) is 17.0 Å². The topological polar surface area (TPSA) is 168 Å². The van der Waals surface area contributed by atoms with Crippen LogP contribution in [0.5, 0.6) is 5.75 Å². The minimum Gasteiger partial charge on any atom is -0.492 e. The normalized spacial score (nSPS) is 13.1. The van der Waals surface area contributed by atoms with E-state index in [9.17, 15) is 21.8 Å². The van der Waals surface area contributed by atoms with Crippen molar-refractivity contribution in [2.75, 3.05) is 12.4 Å². The van der Waals surface area contributed by atoms with E-state index in [1.807, 2.05) is 0 Å². The highest BCUT2D eigenvalue weighted by atomic mass is 79.9. The van der Waals surface area contributed by atoms with Crippen LogP contribution in [0.25, 0.3) is 21.5 Å². The molecule has 0 amide bonds. The van der Waals surface area contributed by atoms with Crippen molar-refractivity contribution in [3.8, 4) is 17.1 Å². The summed E-state index contributed by atoms with van der Waals surface area (Å²) < 4.78 is 67.8. The summed E-state index contributed by atoms with van der Waals surface area (Å²) >= 11 is 3.45. The molecule has 10 nitrogen and oxygen atoms in total. The number of fused-ring (bicyclic) bond motifs is 1. The van der Waals surface area contributed by atoms with E-state index in [0.717, 1.165) is 0 Å². The molecule has 164 valence electrons. The van der Waals surface area contributed by atoms with Gasteiger partial charge < -0.3 is 14.5 Å². The summed E-state index contributed by atoms with van der Waals surface area (Å²) in [5, 5.41) is 11.6. The van der Waals surface area contributed by atoms with Crippen molar-refractivity contribution in [1.82, 2.24) is 15.2 Å². The number of nitrogens with two attached hydrogens (primary N) is 1. The largest absolute Gasteiger partial charge is 0.492 e. The molecule has 0 aliphatic rings. The molecular formula is C14H14BrF2N4O6PS2. The molecule has 0 bridgehead atoms. The van der Waals surface area contributed by atoms with Gasteiger partial charge in [-0.15, -0.1) is 11.3 Å². The Bertz CT molecular complexity index is 1230. The smallest absolute Gasteiger partial charge is 0.400 e. The number of benzene rings is 1. The van der Waals surface area contributed by atoms with E-state index in [1.54, 1.807) is 0 Å². The molecule has 0 aliphatic heterocycles. The Labute approximate surface area is 180 Å². The van der Waals surface area contributed by atoms with Gasteiger partial charge in [0.15, 0.2) is 5.82 Å². The first-order chi connectivity index (χ1) is 13.8. The summed E-state index contributed by atoms with van der Waals surface area (Å²) in [5.74, 6) is -0.0141. The van der Waals surface area contributed by atoms with Gasteiger partial charge in [-0.25, -0.2) is 18.5 Å². The number of H-pyrrole nitrogens is 1. The van der Waals surface area contributed by atoms with Gasteiger partial charge in [0.2, 0.25) is 10.0 Å². The molecule has 0 spiro atoms. The van der Waals surface area contributed by atoms with Gasteiger partial charge in [0.05, 0.1) is 17.1 Å². The lowest BCUT2D eigenvalue weighted by atomic mass is 10.1.